The molecule has 0 saturated carbocycles. The first kappa shape index (κ1) is 11.5. The number of anilines is 1. The lowest BCUT2D eigenvalue weighted by Gasteiger charge is -2.06. The standard InChI is InChI=1S/C13H17NO/c1-3-5-10-14-12-6-8-13(9-7-12)15-11-4-2/h6-9,14H,4,10-11H2,1-2H3. The largest absolute Gasteiger partial charge is 0.494 e. The zero-order chi connectivity index (χ0) is 10.9. The summed E-state index contributed by atoms with van der Waals surface area (Å²) in [6.07, 6.45) is 1.03. The van der Waals surface area contributed by atoms with Gasteiger partial charge in [-0.1, -0.05) is 12.8 Å². The van der Waals surface area contributed by atoms with Crippen molar-refractivity contribution >= 4 is 5.69 Å². The van der Waals surface area contributed by atoms with Crippen LogP contribution in [-0.2, 0) is 0 Å². The van der Waals surface area contributed by atoms with E-state index in [9.17, 15) is 0 Å². The average molecular weight is 203 g/mol. The molecule has 0 bridgehead atoms. The molecule has 0 aromatic heterocycles. The van der Waals surface area contributed by atoms with Gasteiger partial charge in [-0.25, -0.2) is 0 Å². The number of benzene rings is 1. The molecule has 80 valence electrons. The fourth-order valence-electron chi connectivity index (χ4n) is 1.12. The van der Waals surface area contributed by atoms with Crippen molar-refractivity contribution in [1.29, 1.82) is 0 Å². The van der Waals surface area contributed by atoms with Gasteiger partial charge in [0.25, 0.3) is 0 Å². The Hall–Kier alpha value is -1.62. The SMILES string of the molecule is CC#CCNc1ccc(OCCC)cc1. The third-order valence-corrected chi connectivity index (χ3v) is 1.88. The van der Waals surface area contributed by atoms with Gasteiger partial charge in [0.05, 0.1) is 13.2 Å². The van der Waals surface area contributed by atoms with Gasteiger partial charge in [0.2, 0.25) is 0 Å². The molecule has 0 aliphatic carbocycles. The van der Waals surface area contributed by atoms with Crippen molar-refractivity contribution < 1.29 is 4.74 Å². The molecule has 0 unspecified atom stereocenters. The van der Waals surface area contributed by atoms with E-state index in [2.05, 4.69) is 24.1 Å². The molecule has 0 aliphatic rings. The van der Waals surface area contributed by atoms with Crippen molar-refractivity contribution in [1.82, 2.24) is 0 Å². The molecule has 0 heterocycles. The molecule has 0 spiro atoms. The maximum Gasteiger partial charge on any atom is 0.119 e. The fourth-order valence-corrected chi connectivity index (χ4v) is 1.12. The van der Waals surface area contributed by atoms with E-state index in [-0.39, 0.29) is 0 Å². The van der Waals surface area contributed by atoms with Crippen molar-refractivity contribution in [3.8, 4) is 17.6 Å². The minimum Gasteiger partial charge on any atom is -0.494 e. The smallest absolute Gasteiger partial charge is 0.119 e. The molecule has 1 aromatic rings. The van der Waals surface area contributed by atoms with E-state index in [4.69, 9.17) is 4.74 Å². The summed E-state index contributed by atoms with van der Waals surface area (Å²) >= 11 is 0. The van der Waals surface area contributed by atoms with Crippen molar-refractivity contribution in [2.75, 3.05) is 18.5 Å². The molecule has 0 fully saturated rings. The summed E-state index contributed by atoms with van der Waals surface area (Å²) in [6, 6.07) is 7.94. The molecule has 1 N–H and O–H groups in total. The Kier molecular flexibility index (Phi) is 5.18. The van der Waals surface area contributed by atoms with Crippen LogP contribution in [0.5, 0.6) is 5.75 Å². The lowest BCUT2D eigenvalue weighted by molar-refractivity contribution is 0.317. The lowest BCUT2D eigenvalue weighted by Crippen LogP contribution is -1.99. The van der Waals surface area contributed by atoms with Crippen LogP contribution in [0.3, 0.4) is 0 Å². The first-order valence-corrected chi connectivity index (χ1v) is 5.23. The molecule has 0 radical (unpaired) electrons. The molecule has 2 nitrogen and oxygen atoms in total. The summed E-state index contributed by atoms with van der Waals surface area (Å²) in [6.45, 7) is 5.39. The van der Waals surface area contributed by atoms with Gasteiger partial charge in [-0.3, -0.25) is 0 Å². The highest BCUT2D eigenvalue weighted by Crippen LogP contribution is 2.15. The van der Waals surface area contributed by atoms with Gasteiger partial charge in [-0.2, -0.15) is 0 Å². The van der Waals surface area contributed by atoms with Gasteiger partial charge < -0.3 is 10.1 Å². The van der Waals surface area contributed by atoms with Gasteiger partial charge in [-0.15, -0.1) is 5.92 Å². The Labute approximate surface area is 91.6 Å². The van der Waals surface area contributed by atoms with Gasteiger partial charge in [0.1, 0.15) is 5.75 Å². The molecule has 0 amide bonds. The van der Waals surface area contributed by atoms with Crippen LogP contribution < -0.4 is 10.1 Å². The highest BCUT2D eigenvalue weighted by molar-refractivity contribution is 5.47. The van der Waals surface area contributed by atoms with Crippen LogP contribution >= 0.6 is 0 Å². The Morgan fingerprint density at radius 1 is 1.27 bits per heavy atom. The zero-order valence-corrected chi connectivity index (χ0v) is 9.34. The van der Waals surface area contributed by atoms with Crippen LogP contribution in [0.15, 0.2) is 24.3 Å². The molecular weight excluding hydrogens is 186 g/mol. The molecule has 1 rings (SSSR count). The van der Waals surface area contributed by atoms with Crippen molar-refractivity contribution in [3.63, 3.8) is 0 Å². The van der Waals surface area contributed by atoms with E-state index in [1.807, 2.05) is 31.2 Å². The third-order valence-electron chi connectivity index (χ3n) is 1.88. The molecule has 1 aromatic carbocycles. The topological polar surface area (TPSA) is 21.3 Å². The van der Waals surface area contributed by atoms with Crippen molar-refractivity contribution in [3.05, 3.63) is 24.3 Å². The number of nitrogens with one attached hydrogen (secondary N) is 1. The Morgan fingerprint density at radius 3 is 2.60 bits per heavy atom. The van der Waals surface area contributed by atoms with E-state index in [0.29, 0.717) is 6.54 Å². The summed E-state index contributed by atoms with van der Waals surface area (Å²) in [7, 11) is 0. The summed E-state index contributed by atoms with van der Waals surface area (Å²) in [4.78, 5) is 0. The second-order valence-electron chi connectivity index (χ2n) is 3.15. The van der Waals surface area contributed by atoms with Crippen LogP contribution in [0.1, 0.15) is 20.3 Å². The zero-order valence-electron chi connectivity index (χ0n) is 9.34. The summed E-state index contributed by atoms with van der Waals surface area (Å²) in [5.74, 6) is 6.71. The first-order chi connectivity index (χ1) is 7.36. The lowest BCUT2D eigenvalue weighted by atomic mass is 10.3. The Bertz CT molecular complexity index is 332. The highest BCUT2D eigenvalue weighted by Gasteiger charge is 1.93. The summed E-state index contributed by atoms with van der Waals surface area (Å²) in [5, 5.41) is 3.20. The molecule has 2 heteroatoms. The van der Waals surface area contributed by atoms with Crippen molar-refractivity contribution in [2.45, 2.75) is 20.3 Å². The number of rotatable bonds is 5. The van der Waals surface area contributed by atoms with Gasteiger partial charge >= 0.3 is 0 Å². The summed E-state index contributed by atoms with van der Waals surface area (Å²) in [5.41, 5.74) is 1.07. The molecule has 0 aliphatic heterocycles. The predicted octanol–water partition coefficient (Wildman–Crippen LogP) is 2.91. The first-order valence-electron chi connectivity index (χ1n) is 5.23. The van der Waals surface area contributed by atoms with Crippen molar-refractivity contribution in [2.24, 2.45) is 0 Å². The maximum atomic E-state index is 5.48. The van der Waals surface area contributed by atoms with Gasteiger partial charge in [-0.05, 0) is 37.6 Å². The van der Waals surface area contributed by atoms with Crippen LogP contribution in [0.2, 0.25) is 0 Å². The molecule has 0 atom stereocenters. The van der Waals surface area contributed by atoms with E-state index in [1.165, 1.54) is 0 Å². The second kappa shape index (κ2) is 6.78. The van der Waals surface area contributed by atoms with Crippen LogP contribution in [0.4, 0.5) is 5.69 Å². The third kappa shape index (κ3) is 4.42. The normalized spacial score (nSPS) is 8.93. The monoisotopic (exact) mass is 203 g/mol. The number of ether oxygens (including phenoxy) is 1. The van der Waals surface area contributed by atoms with Gasteiger partial charge in [0.15, 0.2) is 0 Å². The second-order valence-corrected chi connectivity index (χ2v) is 3.15. The fraction of sp³-hybridized carbons (Fsp3) is 0.385. The van der Waals surface area contributed by atoms with Gasteiger partial charge in [0, 0.05) is 5.69 Å². The number of hydrogen-bond acceptors (Lipinski definition) is 2. The van der Waals surface area contributed by atoms with E-state index >= 15 is 0 Å². The maximum absolute atomic E-state index is 5.48. The quantitative estimate of drug-likeness (QED) is 0.743. The number of hydrogen-bond donors (Lipinski definition) is 1. The minimum absolute atomic E-state index is 0.686. The van der Waals surface area contributed by atoms with E-state index < -0.39 is 0 Å². The highest BCUT2D eigenvalue weighted by atomic mass is 16.5. The van der Waals surface area contributed by atoms with Crippen LogP contribution in [0, 0.1) is 11.8 Å². The van der Waals surface area contributed by atoms with E-state index in [0.717, 1.165) is 24.5 Å². The minimum atomic E-state index is 0.686. The molecular formula is C13H17NO. The average Bonchev–Trinajstić information content (AvgIpc) is 2.28. The van der Waals surface area contributed by atoms with Crippen LogP contribution in [0.25, 0.3) is 0 Å². The molecule has 15 heavy (non-hydrogen) atoms. The Morgan fingerprint density at radius 2 is 2.00 bits per heavy atom. The summed E-state index contributed by atoms with van der Waals surface area (Å²) < 4.78 is 5.48. The Balaban J connectivity index is 2.43. The van der Waals surface area contributed by atoms with Crippen LogP contribution in [-0.4, -0.2) is 13.2 Å². The molecule has 0 saturated heterocycles. The van der Waals surface area contributed by atoms with E-state index in [1.54, 1.807) is 0 Å². The predicted molar refractivity (Wildman–Crippen MR) is 64.2 cm³/mol.